The second kappa shape index (κ2) is 4.15. The first-order valence-corrected chi connectivity index (χ1v) is 6.42. The molecular weight excluding hydrogens is 264 g/mol. The van der Waals surface area contributed by atoms with Crippen LogP contribution in [0.15, 0.2) is 34.8 Å². The Balaban J connectivity index is 2.05. The van der Waals surface area contributed by atoms with Crippen molar-refractivity contribution >= 4 is 26.8 Å². The first kappa shape index (κ1) is 10.2. The summed E-state index contributed by atoms with van der Waals surface area (Å²) in [6, 6.07) is 11.0. The molecule has 1 aliphatic heterocycles. The van der Waals surface area contributed by atoms with Crippen molar-refractivity contribution in [3.63, 3.8) is 0 Å². The third-order valence-corrected chi connectivity index (χ3v) is 3.58. The molecule has 0 radical (unpaired) electrons. The molecule has 2 heterocycles. The first-order chi connectivity index (χ1) is 7.83. The fraction of sp³-hybridized carbons (Fsp3) is 0.308. The molecule has 0 bridgehead atoms. The average molecular weight is 277 g/mol. The van der Waals surface area contributed by atoms with Crippen LogP contribution in [0.4, 0.5) is 0 Å². The second-order valence-electron chi connectivity index (χ2n) is 4.22. The number of fused-ring (bicyclic) bond motifs is 1. The minimum absolute atomic E-state index is 0.452. The van der Waals surface area contributed by atoms with Crippen molar-refractivity contribution < 1.29 is 0 Å². The Kier molecular flexibility index (Phi) is 2.65. The van der Waals surface area contributed by atoms with E-state index in [1.54, 1.807) is 0 Å². The van der Waals surface area contributed by atoms with E-state index in [-0.39, 0.29) is 0 Å². The Hall–Kier alpha value is -0.930. The lowest BCUT2D eigenvalue weighted by Crippen LogP contribution is -2.14. The molecule has 2 aromatic rings. The van der Waals surface area contributed by atoms with Crippen LogP contribution in [0.2, 0.25) is 0 Å². The molecule has 0 saturated carbocycles. The number of hydrogen-bond acceptors (Lipinski definition) is 2. The summed E-state index contributed by atoms with van der Waals surface area (Å²) in [5, 5.41) is 4.67. The summed E-state index contributed by atoms with van der Waals surface area (Å²) >= 11 is 3.48. The van der Waals surface area contributed by atoms with Crippen LogP contribution < -0.4 is 5.32 Å². The van der Waals surface area contributed by atoms with Crippen LogP contribution in [0.3, 0.4) is 0 Å². The predicted molar refractivity (Wildman–Crippen MR) is 69.4 cm³/mol. The van der Waals surface area contributed by atoms with Gasteiger partial charge in [-0.2, -0.15) is 0 Å². The quantitative estimate of drug-likeness (QED) is 0.864. The van der Waals surface area contributed by atoms with E-state index in [0.29, 0.717) is 6.04 Å². The van der Waals surface area contributed by atoms with Crippen molar-refractivity contribution in [2.75, 3.05) is 6.54 Å². The number of nitrogens with one attached hydrogen (secondary N) is 1. The minimum Gasteiger partial charge on any atom is -0.309 e. The summed E-state index contributed by atoms with van der Waals surface area (Å²) in [5.74, 6) is 0. The van der Waals surface area contributed by atoms with Gasteiger partial charge in [0.1, 0.15) is 0 Å². The van der Waals surface area contributed by atoms with Gasteiger partial charge in [-0.15, -0.1) is 0 Å². The van der Waals surface area contributed by atoms with E-state index in [1.807, 2.05) is 6.07 Å². The van der Waals surface area contributed by atoms with Crippen molar-refractivity contribution in [3.05, 3.63) is 40.5 Å². The third-order valence-electron chi connectivity index (χ3n) is 3.09. The number of benzene rings is 1. The zero-order chi connectivity index (χ0) is 11.0. The van der Waals surface area contributed by atoms with E-state index in [0.717, 1.165) is 16.5 Å². The highest BCUT2D eigenvalue weighted by Gasteiger charge is 2.17. The number of nitrogens with zero attached hydrogens (tertiary/aromatic N) is 1. The van der Waals surface area contributed by atoms with Crippen LogP contribution in [0.25, 0.3) is 10.9 Å². The molecule has 1 N–H and O–H groups in total. The number of pyridine rings is 1. The number of halogens is 1. The smallest absolute Gasteiger partial charge is 0.0706 e. The van der Waals surface area contributed by atoms with Gasteiger partial charge >= 0.3 is 0 Å². The lowest BCUT2D eigenvalue weighted by atomic mass is 10.1. The normalized spacial score (nSPS) is 20.4. The summed E-state index contributed by atoms with van der Waals surface area (Å²) in [5.41, 5.74) is 2.25. The Morgan fingerprint density at radius 2 is 2.19 bits per heavy atom. The summed E-state index contributed by atoms with van der Waals surface area (Å²) in [7, 11) is 0. The highest BCUT2D eigenvalue weighted by molar-refractivity contribution is 9.10. The van der Waals surface area contributed by atoms with Gasteiger partial charge in [-0.05, 0) is 43.7 Å². The van der Waals surface area contributed by atoms with E-state index in [2.05, 4.69) is 45.5 Å². The molecule has 1 aliphatic rings. The topological polar surface area (TPSA) is 24.9 Å². The zero-order valence-corrected chi connectivity index (χ0v) is 10.5. The molecule has 0 amide bonds. The molecule has 1 fully saturated rings. The van der Waals surface area contributed by atoms with Gasteiger partial charge in [0.25, 0.3) is 0 Å². The summed E-state index contributed by atoms with van der Waals surface area (Å²) in [6.45, 7) is 1.12. The van der Waals surface area contributed by atoms with Crippen LogP contribution in [0, 0.1) is 0 Å². The van der Waals surface area contributed by atoms with E-state index >= 15 is 0 Å². The maximum absolute atomic E-state index is 4.72. The molecule has 1 saturated heterocycles. The number of hydrogen-bond donors (Lipinski definition) is 1. The van der Waals surface area contributed by atoms with Crippen LogP contribution in [-0.4, -0.2) is 11.5 Å². The van der Waals surface area contributed by atoms with Gasteiger partial charge in [0.2, 0.25) is 0 Å². The average Bonchev–Trinajstić information content (AvgIpc) is 2.82. The third kappa shape index (κ3) is 1.85. The summed E-state index contributed by atoms with van der Waals surface area (Å²) in [6.07, 6.45) is 2.46. The zero-order valence-electron chi connectivity index (χ0n) is 8.91. The highest BCUT2D eigenvalue weighted by Crippen LogP contribution is 2.24. The lowest BCUT2D eigenvalue weighted by molar-refractivity contribution is 0.630. The summed E-state index contributed by atoms with van der Waals surface area (Å²) < 4.78 is 1.11. The van der Waals surface area contributed by atoms with Gasteiger partial charge in [0, 0.05) is 15.9 Å². The van der Waals surface area contributed by atoms with Crippen molar-refractivity contribution in [2.45, 2.75) is 18.9 Å². The van der Waals surface area contributed by atoms with Crippen LogP contribution >= 0.6 is 15.9 Å². The molecule has 0 spiro atoms. The van der Waals surface area contributed by atoms with Crippen molar-refractivity contribution in [2.24, 2.45) is 0 Å². The maximum atomic E-state index is 4.72. The molecule has 3 rings (SSSR count). The molecule has 1 aromatic heterocycles. The van der Waals surface area contributed by atoms with Gasteiger partial charge in [-0.25, -0.2) is 0 Å². The molecule has 1 aromatic carbocycles. The number of aromatic nitrogens is 1. The Morgan fingerprint density at radius 1 is 1.25 bits per heavy atom. The van der Waals surface area contributed by atoms with E-state index in [9.17, 15) is 0 Å². The molecular formula is C13H13BrN2. The van der Waals surface area contributed by atoms with Crippen LogP contribution in [0.5, 0.6) is 0 Å². The Labute approximate surface area is 103 Å². The van der Waals surface area contributed by atoms with Crippen molar-refractivity contribution in [1.29, 1.82) is 0 Å². The highest BCUT2D eigenvalue weighted by atomic mass is 79.9. The van der Waals surface area contributed by atoms with Gasteiger partial charge in [0.15, 0.2) is 0 Å². The Bertz CT molecular complexity index is 518. The predicted octanol–water partition coefficient (Wildman–Crippen LogP) is 3.42. The molecule has 2 nitrogen and oxygen atoms in total. The van der Waals surface area contributed by atoms with E-state index in [4.69, 9.17) is 4.98 Å². The monoisotopic (exact) mass is 276 g/mol. The minimum atomic E-state index is 0.452. The second-order valence-corrected chi connectivity index (χ2v) is 5.14. The molecule has 1 atom stereocenters. The lowest BCUT2D eigenvalue weighted by Gasteiger charge is -2.10. The molecule has 3 heteroatoms. The molecule has 16 heavy (non-hydrogen) atoms. The number of rotatable bonds is 1. The fourth-order valence-electron chi connectivity index (χ4n) is 2.24. The Morgan fingerprint density at radius 3 is 3.00 bits per heavy atom. The summed E-state index contributed by atoms with van der Waals surface area (Å²) in [4.78, 5) is 4.72. The van der Waals surface area contributed by atoms with Gasteiger partial charge in [-0.3, -0.25) is 4.98 Å². The van der Waals surface area contributed by atoms with Crippen molar-refractivity contribution in [3.8, 4) is 0 Å². The van der Waals surface area contributed by atoms with Crippen molar-refractivity contribution in [1.82, 2.24) is 10.3 Å². The van der Waals surface area contributed by atoms with Crippen LogP contribution in [0.1, 0.15) is 24.6 Å². The van der Waals surface area contributed by atoms with Gasteiger partial charge in [0.05, 0.1) is 11.2 Å². The first-order valence-electron chi connectivity index (χ1n) is 5.62. The van der Waals surface area contributed by atoms with E-state index in [1.165, 1.54) is 23.9 Å². The largest absolute Gasteiger partial charge is 0.309 e. The van der Waals surface area contributed by atoms with Gasteiger partial charge < -0.3 is 5.32 Å². The molecule has 82 valence electrons. The van der Waals surface area contributed by atoms with Crippen LogP contribution in [-0.2, 0) is 0 Å². The maximum Gasteiger partial charge on any atom is 0.0706 e. The molecule has 0 aliphatic carbocycles. The fourth-order valence-corrected chi connectivity index (χ4v) is 2.62. The SMILES string of the molecule is Brc1ccc2nc(C3CCCN3)ccc2c1. The molecule has 1 unspecified atom stereocenters. The van der Waals surface area contributed by atoms with Gasteiger partial charge in [-0.1, -0.05) is 22.0 Å². The van der Waals surface area contributed by atoms with E-state index < -0.39 is 0 Å². The standard InChI is InChI=1S/C13H13BrN2/c14-10-4-6-11-9(8-10)3-5-13(16-11)12-2-1-7-15-12/h3-6,8,12,15H,1-2,7H2.